The predicted octanol–water partition coefficient (Wildman–Crippen LogP) is 2.64. The van der Waals surface area contributed by atoms with Gasteiger partial charge in [0, 0.05) is 17.5 Å². The second-order valence-corrected chi connectivity index (χ2v) is 7.20. The van der Waals surface area contributed by atoms with Gasteiger partial charge in [0.15, 0.2) is 0 Å². The molecule has 0 unspecified atom stereocenters. The molecule has 0 saturated heterocycles. The average Bonchev–Trinajstić information content (AvgIpc) is 2.38. The lowest BCUT2D eigenvalue weighted by atomic mass is 9.99. The van der Waals surface area contributed by atoms with Crippen LogP contribution in [-0.2, 0) is 9.59 Å². The molecule has 2 rings (SSSR count). The number of hydrogen-bond donors (Lipinski definition) is 2. The first-order valence-electron chi connectivity index (χ1n) is 6.75. The topological polar surface area (TPSA) is 70.6 Å². The molecule has 1 heterocycles. The number of carbonyl (C=O) groups is 2. The van der Waals surface area contributed by atoms with E-state index in [-0.39, 0.29) is 23.7 Å². The fourth-order valence-corrected chi connectivity index (χ4v) is 2.85. The third kappa shape index (κ3) is 4.60. The molecular weight excluding hydrogens is 286 g/mol. The number of rotatable bonds is 3. The molecule has 2 amide bonds. The summed E-state index contributed by atoms with van der Waals surface area (Å²) < 4.78 is 0. The highest BCUT2D eigenvalue weighted by Crippen LogP contribution is 2.36. The van der Waals surface area contributed by atoms with Crippen molar-refractivity contribution in [3.05, 3.63) is 24.3 Å². The van der Waals surface area contributed by atoms with Crippen LogP contribution in [0.15, 0.2) is 34.3 Å². The lowest BCUT2D eigenvalue weighted by Gasteiger charge is -2.23. The van der Waals surface area contributed by atoms with Crippen LogP contribution in [0.2, 0.25) is 0 Å². The number of anilines is 1. The Morgan fingerprint density at radius 1 is 1.43 bits per heavy atom. The van der Waals surface area contributed by atoms with Crippen LogP contribution in [0.3, 0.4) is 0 Å². The van der Waals surface area contributed by atoms with E-state index in [1.807, 2.05) is 45.0 Å². The highest BCUT2D eigenvalue weighted by molar-refractivity contribution is 8.01. The van der Waals surface area contributed by atoms with Gasteiger partial charge in [0.05, 0.1) is 10.9 Å². The van der Waals surface area contributed by atoms with Crippen molar-refractivity contribution >= 4 is 35.5 Å². The molecule has 2 N–H and O–H groups in total. The second-order valence-electron chi connectivity index (χ2n) is 5.96. The van der Waals surface area contributed by atoms with Crippen LogP contribution in [0.4, 0.5) is 5.69 Å². The molecule has 0 spiro atoms. The summed E-state index contributed by atoms with van der Waals surface area (Å²) >= 11 is 1.41. The molecule has 1 aromatic rings. The van der Waals surface area contributed by atoms with E-state index >= 15 is 0 Å². The van der Waals surface area contributed by atoms with E-state index in [1.165, 1.54) is 11.8 Å². The third-order valence-corrected chi connectivity index (χ3v) is 3.99. The SMILES string of the molecule is CC(C)(C)/C=N\NC(=O)C[C@H]1Sc2ccccc2NC1=O. The van der Waals surface area contributed by atoms with Crippen LogP contribution >= 0.6 is 11.8 Å². The van der Waals surface area contributed by atoms with Gasteiger partial charge in [-0.25, -0.2) is 5.43 Å². The van der Waals surface area contributed by atoms with E-state index in [0.29, 0.717) is 0 Å². The van der Waals surface area contributed by atoms with Crippen molar-refractivity contribution in [2.75, 3.05) is 5.32 Å². The van der Waals surface area contributed by atoms with E-state index in [2.05, 4.69) is 15.8 Å². The maximum absolute atomic E-state index is 12.0. The Balaban J connectivity index is 1.93. The van der Waals surface area contributed by atoms with Crippen molar-refractivity contribution in [2.45, 2.75) is 37.3 Å². The Bertz CT molecular complexity index is 579. The van der Waals surface area contributed by atoms with Gasteiger partial charge in [0.1, 0.15) is 0 Å². The normalized spacial score (nSPS) is 18.2. The van der Waals surface area contributed by atoms with Crippen LogP contribution in [-0.4, -0.2) is 23.3 Å². The van der Waals surface area contributed by atoms with Gasteiger partial charge in [0.2, 0.25) is 11.8 Å². The van der Waals surface area contributed by atoms with Gasteiger partial charge in [-0.05, 0) is 17.5 Å². The number of hydrogen-bond acceptors (Lipinski definition) is 4. The minimum atomic E-state index is -0.426. The van der Waals surface area contributed by atoms with Gasteiger partial charge < -0.3 is 5.32 Å². The molecule has 112 valence electrons. The minimum absolute atomic E-state index is 0.0941. The van der Waals surface area contributed by atoms with Crippen molar-refractivity contribution in [3.63, 3.8) is 0 Å². The number of amides is 2. The zero-order valence-electron chi connectivity index (χ0n) is 12.3. The Morgan fingerprint density at radius 3 is 2.86 bits per heavy atom. The maximum Gasteiger partial charge on any atom is 0.241 e. The van der Waals surface area contributed by atoms with E-state index in [0.717, 1.165) is 10.6 Å². The zero-order valence-corrected chi connectivity index (χ0v) is 13.2. The van der Waals surface area contributed by atoms with Gasteiger partial charge in [-0.1, -0.05) is 32.9 Å². The largest absolute Gasteiger partial charge is 0.324 e. The van der Waals surface area contributed by atoms with Crippen LogP contribution in [0.1, 0.15) is 27.2 Å². The molecule has 0 fully saturated rings. The van der Waals surface area contributed by atoms with Crippen molar-refractivity contribution in [3.8, 4) is 0 Å². The summed E-state index contributed by atoms with van der Waals surface area (Å²) in [6, 6.07) is 7.56. The molecule has 0 bridgehead atoms. The Labute approximate surface area is 128 Å². The van der Waals surface area contributed by atoms with Crippen LogP contribution < -0.4 is 10.7 Å². The summed E-state index contributed by atoms with van der Waals surface area (Å²) in [5.41, 5.74) is 3.17. The molecule has 1 aliphatic rings. The number of nitrogens with one attached hydrogen (secondary N) is 2. The molecule has 6 heteroatoms. The quantitative estimate of drug-likeness (QED) is 0.666. The molecule has 5 nitrogen and oxygen atoms in total. The fourth-order valence-electron chi connectivity index (χ4n) is 1.74. The Kier molecular flexibility index (Phi) is 4.67. The van der Waals surface area contributed by atoms with Crippen molar-refractivity contribution in [1.82, 2.24) is 5.43 Å². The molecule has 1 aromatic carbocycles. The van der Waals surface area contributed by atoms with Crippen molar-refractivity contribution in [1.29, 1.82) is 0 Å². The van der Waals surface area contributed by atoms with Gasteiger partial charge in [0.25, 0.3) is 0 Å². The summed E-state index contributed by atoms with van der Waals surface area (Å²) in [7, 11) is 0. The van der Waals surface area contributed by atoms with Gasteiger partial charge in [-0.2, -0.15) is 5.10 Å². The number of fused-ring (bicyclic) bond motifs is 1. The maximum atomic E-state index is 12.0. The summed E-state index contributed by atoms with van der Waals surface area (Å²) in [5, 5.41) is 6.30. The second kappa shape index (κ2) is 6.30. The van der Waals surface area contributed by atoms with E-state index < -0.39 is 5.25 Å². The van der Waals surface area contributed by atoms with Crippen molar-refractivity contribution < 1.29 is 9.59 Å². The first kappa shape index (κ1) is 15.6. The number of hydrazone groups is 1. The monoisotopic (exact) mass is 305 g/mol. The average molecular weight is 305 g/mol. The number of para-hydroxylation sites is 1. The number of carbonyl (C=O) groups excluding carboxylic acids is 2. The molecule has 21 heavy (non-hydrogen) atoms. The molecular formula is C15H19N3O2S. The molecule has 0 aliphatic carbocycles. The van der Waals surface area contributed by atoms with E-state index in [1.54, 1.807) is 6.21 Å². The van der Waals surface area contributed by atoms with Crippen LogP contribution in [0.5, 0.6) is 0 Å². The predicted molar refractivity (Wildman–Crippen MR) is 85.4 cm³/mol. The van der Waals surface area contributed by atoms with Gasteiger partial charge in [-0.3, -0.25) is 9.59 Å². The first-order valence-corrected chi connectivity index (χ1v) is 7.63. The standard InChI is InChI=1S/C15H19N3O2S/c1-15(2,3)9-16-18-13(19)8-12-14(20)17-10-6-4-5-7-11(10)21-12/h4-7,9,12H,8H2,1-3H3,(H,17,20)(H,18,19)/b16-9-/t12-/m1/s1. The molecule has 1 aliphatic heterocycles. The molecule has 0 radical (unpaired) electrons. The summed E-state index contributed by atoms with van der Waals surface area (Å²) in [4.78, 5) is 24.8. The zero-order chi connectivity index (χ0) is 15.5. The van der Waals surface area contributed by atoms with Crippen LogP contribution in [0.25, 0.3) is 0 Å². The van der Waals surface area contributed by atoms with E-state index in [4.69, 9.17) is 0 Å². The molecule has 0 saturated carbocycles. The van der Waals surface area contributed by atoms with Crippen molar-refractivity contribution in [2.24, 2.45) is 10.5 Å². The Hall–Kier alpha value is -1.82. The minimum Gasteiger partial charge on any atom is -0.324 e. The highest BCUT2D eigenvalue weighted by atomic mass is 32.2. The number of thioether (sulfide) groups is 1. The summed E-state index contributed by atoms with van der Waals surface area (Å²) in [6.45, 7) is 5.97. The summed E-state index contributed by atoms with van der Waals surface area (Å²) in [6.07, 6.45) is 1.78. The summed E-state index contributed by atoms with van der Waals surface area (Å²) in [5.74, 6) is -0.406. The number of nitrogens with zero attached hydrogens (tertiary/aromatic N) is 1. The van der Waals surface area contributed by atoms with Gasteiger partial charge >= 0.3 is 0 Å². The lowest BCUT2D eigenvalue weighted by Crippen LogP contribution is -2.33. The smallest absolute Gasteiger partial charge is 0.241 e. The lowest BCUT2D eigenvalue weighted by molar-refractivity contribution is -0.124. The molecule has 0 aromatic heterocycles. The Morgan fingerprint density at radius 2 is 2.14 bits per heavy atom. The van der Waals surface area contributed by atoms with E-state index in [9.17, 15) is 9.59 Å². The first-order chi connectivity index (χ1) is 9.85. The fraction of sp³-hybridized carbons (Fsp3) is 0.400. The van der Waals surface area contributed by atoms with Crippen LogP contribution in [0, 0.1) is 5.41 Å². The third-order valence-electron chi connectivity index (χ3n) is 2.72. The molecule has 1 atom stereocenters. The highest BCUT2D eigenvalue weighted by Gasteiger charge is 2.28. The van der Waals surface area contributed by atoms with Gasteiger partial charge in [-0.15, -0.1) is 11.8 Å². The number of benzene rings is 1.